The minimum Gasteiger partial charge on any atom is -0.296 e. The second-order valence-electron chi connectivity index (χ2n) is 5.44. The number of rotatable bonds is 3. The smallest absolute Gasteiger partial charge is 0.167 e. The largest absolute Gasteiger partial charge is 0.296 e. The third-order valence-electron chi connectivity index (χ3n) is 2.87. The summed E-state index contributed by atoms with van der Waals surface area (Å²) in [5.41, 5.74) is 0.394. The lowest BCUT2D eigenvalue weighted by Gasteiger charge is -2.24. The SMILES string of the molecule is CC(C)(C)C(=O)C(c1ccc(Cl)cc1)n1cncn1. The van der Waals surface area contributed by atoms with Crippen LogP contribution in [0, 0.1) is 5.41 Å². The molecule has 0 aliphatic heterocycles. The van der Waals surface area contributed by atoms with E-state index < -0.39 is 11.5 Å². The summed E-state index contributed by atoms with van der Waals surface area (Å²) in [6.07, 6.45) is 2.99. The zero-order valence-corrected chi connectivity index (χ0v) is 11.9. The highest BCUT2D eigenvalue weighted by atomic mass is 35.5. The fraction of sp³-hybridized carbons (Fsp3) is 0.357. The molecule has 5 heteroatoms. The quantitative estimate of drug-likeness (QED) is 0.866. The molecule has 1 atom stereocenters. The van der Waals surface area contributed by atoms with Crippen LogP contribution in [-0.2, 0) is 4.79 Å². The van der Waals surface area contributed by atoms with Gasteiger partial charge in [0.15, 0.2) is 5.78 Å². The summed E-state index contributed by atoms with van der Waals surface area (Å²) >= 11 is 5.89. The first-order valence-electron chi connectivity index (χ1n) is 6.03. The Labute approximate surface area is 117 Å². The minimum absolute atomic E-state index is 0.0836. The van der Waals surface area contributed by atoms with E-state index in [-0.39, 0.29) is 5.78 Å². The molecule has 19 heavy (non-hydrogen) atoms. The Morgan fingerprint density at radius 3 is 2.37 bits per heavy atom. The summed E-state index contributed by atoms with van der Waals surface area (Å²) in [5.74, 6) is 0.0836. The lowest BCUT2D eigenvalue weighted by Crippen LogP contribution is -2.31. The van der Waals surface area contributed by atoms with Gasteiger partial charge in [-0.05, 0) is 17.7 Å². The van der Waals surface area contributed by atoms with Crippen LogP contribution >= 0.6 is 11.6 Å². The topological polar surface area (TPSA) is 47.8 Å². The highest BCUT2D eigenvalue weighted by molar-refractivity contribution is 6.30. The third kappa shape index (κ3) is 3.01. The predicted molar refractivity (Wildman–Crippen MR) is 74.1 cm³/mol. The van der Waals surface area contributed by atoms with Gasteiger partial charge >= 0.3 is 0 Å². The van der Waals surface area contributed by atoms with Gasteiger partial charge in [0.1, 0.15) is 18.7 Å². The lowest BCUT2D eigenvalue weighted by atomic mass is 9.84. The van der Waals surface area contributed by atoms with Crippen LogP contribution in [0.1, 0.15) is 32.4 Å². The molecule has 2 rings (SSSR count). The number of benzene rings is 1. The molecular weight excluding hydrogens is 262 g/mol. The molecule has 0 aliphatic rings. The first-order chi connectivity index (χ1) is 8.89. The molecule has 4 nitrogen and oxygen atoms in total. The molecule has 2 aromatic rings. The molecule has 1 unspecified atom stereocenters. The second kappa shape index (κ2) is 5.13. The molecule has 0 saturated heterocycles. The Balaban J connectivity index is 2.46. The van der Waals surface area contributed by atoms with E-state index in [9.17, 15) is 4.79 Å². The Bertz CT molecular complexity index is 555. The maximum Gasteiger partial charge on any atom is 0.167 e. The van der Waals surface area contributed by atoms with Gasteiger partial charge in [-0.25, -0.2) is 9.67 Å². The van der Waals surface area contributed by atoms with Crippen LogP contribution in [0.15, 0.2) is 36.9 Å². The first kappa shape index (κ1) is 13.7. The fourth-order valence-corrected chi connectivity index (χ4v) is 1.96. The number of hydrogen-bond donors (Lipinski definition) is 0. The van der Waals surface area contributed by atoms with Crippen LogP contribution < -0.4 is 0 Å². The molecule has 1 aromatic carbocycles. The summed E-state index contributed by atoms with van der Waals surface area (Å²) in [7, 11) is 0. The summed E-state index contributed by atoms with van der Waals surface area (Å²) in [6, 6.07) is 6.77. The minimum atomic E-state index is -0.472. The van der Waals surface area contributed by atoms with E-state index in [2.05, 4.69) is 10.1 Å². The van der Waals surface area contributed by atoms with Gasteiger partial charge in [-0.2, -0.15) is 5.10 Å². The fourth-order valence-electron chi connectivity index (χ4n) is 1.83. The zero-order chi connectivity index (χ0) is 14.0. The van der Waals surface area contributed by atoms with E-state index in [1.807, 2.05) is 32.9 Å². The van der Waals surface area contributed by atoms with Gasteiger partial charge in [0, 0.05) is 10.4 Å². The molecule has 1 aromatic heterocycles. The molecule has 0 saturated carbocycles. The summed E-state index contributed by atoms with van der Waals surface area (Å²) in [6.45, 7) is 5.69. The van der Waals surface area contributed by atoms with Crippen molar-refractivity contribution in [2.45, 2.75) is 26.8 Å². The van der Waals surface area contributed by atoms with Crippen LogP contribution in [0.25, 0.3) is 0 Å². The Morgan fingerprint density at radius 2 is 1.89 bits per heavy atom. The van der Waals surface area contributed by atoms with Crippen molar-refractivity contribution in [3.63, 3.8) is 0 Å². The van der Waals surface area contributed by atoms with Crippen molar-refractivity contribution in [3.05, 3.63) is 47.5 Å². The van der Waals surface area contributed by atoms with Gasteiger partial charge in [-0.3, -0.25) is 4.79 Å². The molecule has 0 aliphatic carbocycles. The van der Waals surface area contributed by atoms with Crippen molar-refractivity contribution >= 4 is 17.4 Å². The standard InChI is InChI=1S/C14H16ClN3O/c1-14(2,3)13(19)12(18-9-16-8-17-18)10-4-6-11(15)7-5-10/h4-9,12H,1-3H3. The van der Waals surface area contributed by atoms with Crippen LogP contribution in [0.4, 0.5) is 0 Å². The van der Waals surface area contributed by atoms with Crippen molar-refractivity contribution in [3.8, 4) is 0 Å². The van der Waals surface area contributed by atoms with Gasteiger partial charge in [0.05, 0.1) is 0 Å². The van der Waals surface area contributed by atoms with Gasteiger partial charge in [0.2, 0.25) is 0 Å². The average Bonchev–Trinajstić information content (AvgIpc) is 2.84. The summed E-state index contributed by atoms with van der Waals surface area (Å²) in [5, 5.41) is 4.74. The van der Waals surface area contributed by atoms with Crippen LogP contribution in [0.3, 0.4) is 0 Å². The van der Waals surface area contributed by atoms with E-state index in [0.717, 1.165) is 5.56 Å². The lowest BCUT2D eigenvalue weighted by molar-refractivity contribution is -0.128. The van der Waals surface area contributed by atoms with Crippen molar-refractivity contribution in [2.24, 2.45) is 5.41 Å². The van der Waals surface area contributed by atoms with Gasteiger partial charge in [-0.15, -0.1) is 0 Å². The maximum absolute atomic E-state index is 12.6. The molecule has 0 amide bonds. The van der Waals surface area contributed by atoms with Crippen molar-refractivity contribution in [1.82, 2.24) is 14.8 Å². The highest BCUT2D eigenvalue weighted by Crippen LogP contribution is 2.28. The van der Waals surface area contributed by atoms with Crippen molar-refractivity contribution < 1.29 is 4.79 Å². The normalized spacial score (nSPS) is 13.3. The molecule has 0 spiro atoms. The van der Waals surface area contributed by atoms with E-state index in [1.54, 1.807) is 23.1 Å². The number of carbonyl (C=O) groups is 1. The molecular formula is C14H16ClN3O. The van der Waals surface area contributed by atoms with Gasteiger partial charge in [0.25, 0.3) is 0 Å². The molecule has 0 radical (unpaired) electrons. The number of halogens is 1. The Morgan fingerprint density at radius 1 is 1.26 bits per heavy atom. The number of hydrogen-bond acceptors (Lipinski definition) is 3. The third-order valence-corrected chi connectivity index (χ3v) is 3.13. The van der Waals surface area contributed by atoms with Crippen LogP contribution in [0.2, 0.25) is 5.02 Å². The molecule has 0 bridgehead atoms. The van der Waals surface area contributed by atoms with E-state index >= 15 is 0 Å². The van der Waals surface area contributed by atoms with E-state index in [1.165, 1.54) is 6.33 Å². The number of Topliss-reactive ketones (excluding diaryl/α,β-unsaturated/α-hetero) is 1. The average molecular weight is 278 g/mol. The number of carbonyl (C=O) groups excluding carboxylic acids is 1. The van der Waals surface area contributed by atoms with Gasteiger partial charge in [-0.1, -0.05) is 44.5 Å². The summed E-state index contributed by atoms with van der Waals surface area (Å²) in [4.78, 5) is 16.6. The van der Waals surface area contributed by atoms with Gasteiger partial charge < -0.3 is 0 Å². The molecule has 1 heterocycles. The number of nitrogens with zero attached hydrogens (tertiary/aromatic N) is 3. The monoisotopic (exact) mass is 277 g/mol. The Kier molecular flexibility index (Phi) is 3.71. The van der Waals surface area contributed by atoms with Crippen molar-refractivity contribution in [1.29, 1.82) is 0 Å². The Hall–Kier alpha value is -1.68. The number of aromatic nitrogens is 3. The van der Waals surface area contributed by atoms with E-state index in [4.69, 9.17) is 11.6 Å². The predicted octanol–water partition coefficient (Wildman–Crippen LogP) is 3.14. The zero-order valence-electron chi connectivity index (χ0n) is 11.2. The first-order valence-corrected chi connectivity index (χ1v) is 6.41. The van der Waals surface area contributed by atoms with Crippen molar-refractivity contribution in [2.75, 3.05) is 0 Å². The molecule has 0 fully saturated rings. The second-order valence-corrected chi connectivity index (χ2v) is 5.88. The molecule has 0 N–H and O–H groups in total. The van der Waals surface area contributed by atoms with Crippen LogP contribution in [0.5, 0.6) is 0 Å². The van der Waals surface area contributed by atoms with E-state index in [0.29, 0.717) is 5.02 Å². The maximum atomic E-state index is 12.6. The highest BCUT2D eigenvalue weighted by Gasteiger charge is 2.32. The molecule has 100 valence electrons. The number of ketones is 1. The van der Waals surface area contributed by atoms with Crippen LogP contribution in [-0.4, -0.2) is 20.5 Å². The summed E-state index contributed by atoms with van der Waals surface area (Å²) < 4.78 is 1.58.